The summed E-state index contributed by atoms with van der Waals surface area (Å²) in [6.45, 7) is 6.39. The Kier molecular flexibility index (Phi) is 2.81. The molecule has 0 aliphatic carbocycles. The molecule has 3 heteroatoms. The van der Waals surface area contributed by atoms with Crippen LogP contribution in [0.15, 0.2) is 24.3 Å². The topological polar surface area (TPSA) is 44.8 Å². The van der Waals surface area contributed by atoms with Gasteiger partial charge < -0.3 is 10.2 Å². The second-order valence-corrected chi connectivity index (χ2v) is 2.40. The third kappa shape index (κ3) is 1.82. The number of hydrogen-bond acceptors (Lipinski definition) is 2. The highest BCUT2D eigenvalue weighted by Crippen LogP contribution is 2.17. The minimum absolute atomic E-state index is 0.294. The Balaban J connectivity index is 2.86. The smallest absolute Gasteiger partial charge is 0.187 e. The maximum Gasteiger partial charge on any atom is 0.187 e. The zero-order valence-corrected chi connectivity index (χ0v) is 6.44. The predicted octanol–water partition coefficient (Wildman–Crippen LogP) is 1.26. The molecule has 1 aromatic carbocycles. The fraction of sp³-hybridized carbons (Fsp3) is 0.222. The third-order valence-electron chi connectivity index (χ3n) is 1.58. The summed E-state index contributed by atoms with van der Waals surface area (Å²) < 4.78 is 0. The summed E-state index contributed by atoms with van der Waals surface area (Å²) in [5.41, 5.74) is 1.16. The Morgan fingerprint density at radius 3 is 2.33 bits per heavy atom. The van der Waals surface area contributed by atoms with Crippen molar-refractivity contribution < 1.29 is 10.2 Å². The normalized spacial score (nSPS) is 12.1. The first-order valence-electron chi connectivity index (χ1n) is 3.54. The van der Waals surface area contributed by atoms with Crippen LogP contribution in [0.1, 0.15) is 11.7 Å². The number of benzene rings is 1. The summed E-state index contributed by atoms with van der Waals surface area (Å²) in [6, 6.07) is 6.49. The molecule has 0 aliphatic rings. The molecule has 0 aromatic heterocycles. The van der Waals surface area contributed by atoms with E-state index < -0.39 is 6.10 Å². The molecule has 2 N–H and O–H groups in total. The number of aliphatic hydroxyl groups excluding tert-OH is 2. The molecule has 0 saturated carbocycles. The second kappa shape index (κ2) is 3.86. The SMILES string of the molecule is [C-]#[N+]c1ccc([C@@H](O)CO)cc1. The highest BCUT2D eigenvalue weighted by atomic mass is 16.3. The molecule has 1 rings (SSSR count). The lowest BCUT2D eigenvalue weighted by molar-refractivity contribution is 0.0956. The lowest BCUT2D eigenvalue weighted by Gasteiger charge is -2.06. The molecule has 0 bridgehead atoms. The quantitative estimate of drug-likeness (QED) is 0.645. The molecule has 62 valence electrons. The molecule has 0 unspecified atom stereocenters. The van der Waals surface area contributed by atoms with Crippen LogP contribution in [0.4, 0.5) is 5.69 Å². The van der Waals surface area contributed by atoms with Gasteiger partial charge in [0.2, 0.25) is 0 Å². The van der Waals surface area contributed by atoms with Gasteiger partial charge in [0.1, 0.15) is 6.10 Å². The van der Waals surface area contributed by atoms with Crippen LogP contribution in [0.25, 0.3) is 4.85 Å². The maximum atomic E-state index is 9.17. The van der Waals surface area contributed by atoms with E-state index in [0.717, 1.165) is 0 Å². The van der Waals surface area contributed by atoms with Gasteiger partial charge in [0, 0.05) is 0 Å². The van der Waals surface area contributed by atoms with Crippen LogP contribution in [0.2, 0.25) is 0 Å². The van der Waals surface area contributed by atoms with Crippen molar-refractivity contribution in [2.24, 2.45) is 0 Å². The van der Waals surface area contributed by atoms with E-state index in [1.54, 1.807) is 24.3 Å². The first-order chi connectivity index (χ1) is 5.77. The first kappa shape index (κ1) is 8.72. The van der Waals surface area contributed by atoms with E-state index >= 15 is 0 Å². The number of nitrogens with zero attached hydrogens (tertiary/aromatic N) is 1. The van der Waals surface area contributed by atoms with Gasteiger partial charge in [0.25, 0.3) is 0 Å². The first-order valence-corrected chi connectivity index (χ1v) is 3.54. The molecular weight excluding hydrogens is 154 g/mol. The zero-order chi connectivity index (χ0) is 8.97. The fourth-order valence-corrected chi connectivity index (χ4v) is 0.876. The Hall–Kier alpha value is -1.37. The summed E-state index contributed by atoms with van der Waals surface area (Å²) in [4.78, 5) is 3.20. The molecule has 1 atom stereocenters. The lowest BCUT2D eigenvalue weighted by Crippen LogP contribution is -2.01. The average Bonchev–Trinajstić information content (AvgIpc) is 2.17. The molecule has 12 heavy (non-hydrogen) atoms. The van der Waals surface area contributed by atoms with Gasteiger partial charge >= 0.3 is 0 Å². The van der Waals surface area contributed by atoms with Crippen LogP contribution in [-0.2, 0) is 0 Å². The van der Waals surface area contributed by atoms with E-state index in [-0.39, 0.29) is 6.61 Å². The van der Waals surface area contributed by atoms with Crippen molar-refractivity contribution in [3.05, 3.63) is 41.2 Å². The summed E-state index contributed by atoms with van der Waals surface area (Å²) >= 11 is 0. The van der Waals surface area contributed by atoms with E-state index in [9.17, 15) is 0 Å². The molecule has 0 spiro atoms. The zero-order valence-electron chi connectivity index (χ0n) is 6.44. The molecule has 0 amide bonds. The highest BCUT2D eigenvalue weighted by Gasteiger charge is 2.03. The van der Waals surface area contributed by atoms with Crippen molar-refractivity contribution >= 4 is 5.69 Å². The van der Waals surface area contributed by atoms with E-state index in [1.165, 1.54) is 0 Å². The molecule has 3 nitrogen and oxygen atoms in total. The lowest BCUT2D eigenvalue weighted by atomic mass is 10.1. The van der Waals surface area contributed by atoms with E-state index in [1.807, 2.05) is 0 Å². The van der Waals surface area contributed by atoms with Gasteiger partial charge in [-0.05, 0) is 5.56 Å². The van der Waals surface area contributed by atoms with Gasteiger partial charge in [-0.2, -0.15) is 0 Å². The number of aliphatic hydroxyl groups is 2. The Morgan fingerprint density at radius 1 is 1.33 bits per heavy atom. The van der Waals surface area contributed by atoms with Gasteiger partial charge in [-0.15, -0.1) is 0 Å². The Morgan fingerprint density at radius 2 is 1.92 bits per heavy atom. The summed E-state index contributed by atoms with van der Waals surface area (Å²) in [5.74, 6) is 0. The summed E-state index contributed by atoms with van der Waals surface area (Å²) in [5, 5.41) is 17.8. The standard InChI is InChI=1S/C9H9NO2/c1-10-8-4-2-7(3-5-8)9(12)6-11/h2-5,9,11-12H,6H2/t9-/m0/s1. The van der Waals surface area contributed by atoms with Crippen LogP contribution >= 0.6 is 0 Å². The Labute approximate surface area is 70.7 Å². The summed E-state index contributed by atoms with van der Waals surface area (Å²) in [7, 11) is 0. The molecule has 0 saturated heterocycles. The number of hydrogen-bond donors (Lipinski definition) is 2. The molecule has 0 aliphatic heterocycles. The predicted molar refractivity (Wildman–Crippen MR) is 44.7 cm³/mol. The van der Waals surface area contributed by atoms with Crippen LogP contribution in [0, 0.1) is 6.57 Å². The van der Waals surface area contributed by atoms with E-state index in [4.69, 9.17) is 16.8 Å². The van der Waals surface area contributed by atoms with Crippen molar-refractivity contribution in [1.82, 2.24) is 0 Å². The average molecular weight is 163 g/mol. The van der Waals surface area contributed by atoms with Crippen LogP contribution in [0.3, 0.4) is 0 Å². The van der Waals surface area contributed by atoms with Crippen LogP contribution < -0.4 is 0 Å². The van der Waals surface area contributed by atoms with Crippen molar-refractivity contribution in [3.8, 4) is 0 Å². The van der Waals surface area contributed by atoms with Crippen molar-refractivity contribution in [2.75, 3.05) is 6.61 Å². The van der Waals surface area contributed by atoms with Crippen molar-refractivity contribution in [2.45, 2.75) is 6.10 Å². The number of rotatable bonds is 2. The largest absolute Gasteiger partial charge is 0.393 e. The van der Waals surface area contributed by atoms with Gasteiger partial charge in [0.05, 0.1) is 13.2 Å². The maximum absolute atomic E-state index is 9.17. The van der Waals surface area contributed by atoms with Crippen LogP contribution in [0.5, 0.6) is 0 Å². The van der Waals surface area contributed by atoms with Crippen LogP contribution in [-0.4, -0.2) is 16.8 Å². The second-order valence-electron chi connectivity index (χ2n) is 2.40. The van der Waals surface area contributed by atoms with E-state index in [0.29, 0.717) is 11.3 Å². The molecular formula is C9H9NO2. The molecule has 0 fully saturated rings. The van der Waals surface area contributed by atoms with Gasteiger partial charge in [-0.25, -0.2) is 4.85 Å². The monoisotopic (exact) mass is 163 g/mol. The van der Waals surface area contributed by atoms with E-state index in [2.05, 4.69) is 4.85 Å². The minimum Gasteiger partial charge on any atom is -0.393 e. The molecule has 1 aromatic rings. The van der Waals surface area contributed by atoms with Crippen molar-refractivity contribution in [3.63, 3.8) is 0 Å². The third-order valence-corrected chi connectivity index (χ3v) is 1.58. The summed E-state index contributed by atoms with van der Waals surface area (Å²) in [6.07, 6.45) is -0.843. The minimum atomic E-state index is -0.843. The molecule has 0 heterocycles. The fourth-order valence-electron chi connectivity index (χ4n) is 0.876. The van der Waals surface area contributed by atoms with Gasteiger partial charge in [-0.1, -0.05) is 24.3 Å². The molecule has 0 radical (unpaired) electrons. The Bertz CT molecular complexity index is 286. The highest BCUT2D eigenvalue weighted by molar-refractivity contribution is 5.45. The van der Waals surface area contributed by atoms with Gasteiger partial charge in [-0.3, -0.25) is 0 Å². The van der Waals surface area contributed by atoms with Gasteiger partial charge in [0.15, 0.2) is 5.69 Å². The van der Waals surface area contributed by atoms with Crippen molar-refractivity contribution in [1.29, 1.82) is 0 Å².